The number of nitrogens with zero attached hydrogens (tertiary/aromatic N) is 2. The van der Waals surface area contributed by atoms with Gasteiger partial charge in [0.15, 0.2) is 0 Å². The maximum Gasteiger partial charge on any atom is 0.416 e. The number of unbranched alkanes of at least 4 members (excludes halogenated alkanes) is 1. The van der Waals surface area contributed by atoms with Gasteiger partial charge in [0, 0.05) is 18.2 Å². The zero-order valence-electron chi connectivity index (χ0n) is 21.0. The molecule has 2 amide bonds. The molecule has 9 heteroatoms. The maximum atomic E-state index is 13.4. The van der Waals surface area contributed by atoms with Crippen molar-refractivity contribution in [2.24, 2.45) is 16.8 Å². The lowest BCUT2D eigenvalue weighted by molar-refractivity contribution is -0.137. The van der Waals surface area contributed by atoms with E-state index in [4.69, 9.17) is 0 Å². The summed E-state index contributed by atoms with van der Waals surface area (Å²) in [6, 6.07) is 11.5. The molecule has 2 aliphatic rings. The normalized spacial score (nSPS) is 19.5. The summed E-state index contributed by atoms with van der Waals surface area (Å²) in [6.07, 6.45) is -1.86. The van der Waals surface area contributed by atoms with Gasteiger partial charge < -0.3 is 15.3 Å². The van der Waals surface area contributed by atoms with Crippen molar-refractivity contribution in [1.82, 2.24) is 5.32 Å². The highest BCUT2D eigenvalue weighted by molar-refractivity contribution is 6.20. The first-order valence-electron chi connectivity index (χ1n) is 12.7. The van der Waals surface area contributed by atoms with E-state index in [0.717, 1.165) is 37.8 Å². The largest absolute Gasteiger partial charge is 0.416 e. The molecular formula is C28H32F3N3O3. The third-order valence-electron chi connectivity index (χ3n) is 7.05. The molecule has 1 saturated carbocycles. The van der Waals surface area contributed by atoms with Crippen molar-refractivity contribution in [3.05, 3.63) is 65.2 Å². The van der Waals surface area contributed by atoms with Crippen LogP contribution in [0.2, 0.25) is 0 Å². The molecule has 6 nitrogen and oxygen atoms in total. The summed E-state index contributed by atoms with van der Waals surface area (Å²) in [7, 11) is 1.57. The Bertz CT molecular complexity index is 1160. The first kappa shape index (κ1) is 26.9. The smallest absolute Gasteiger partial charge is 0.392 e. The fraction of sp³-hybridized carbons (Fsp3) is 0.464. The van der Waals surface area contributed by atoms with E-state index in [1.54, 1.807) is 31.3 Å². The number of rotatable bonds is 9. The highest BCUT2D eigenvalue weighted by atomic mass is 19.4. The van der Waals surface area contributed by atoms with Gasteiger partial charge in [0.1, 0.15) is 0 Å². The molecule has 2 N–H and O–H groups in total. The summed E-state index contributed by atoms with van der Waals surface area (Å²) in [5.74, 6) is -1.19. The minimum Gasteiger partial charge on any atom is -0.392 e. The quantitative estimate of drug-likeness (QED) is 0.497. The van der Waals surface area contributed by atoms with Crippen molar-refractivity contribution in [3.8, 4) is 0 Å². The zero-order chi connectivity index (χ0) is 26.7. The number of carbonyl (C=O) groups is 2. The number of para-hydroxylation sites is 1. The molecule has 0 radical (unpaired) electrons. The summed E-state index contributed by atoms with van der Waals surface area (Å²) in [6.45, 7) is 2.01. The zero-order valence-corrected chi connectivity index (χ0v) is 21.0. The number of aliphatic imine (C=N–C) groups is 1. The summed E-state index contributed by atoms with van der Waals surface area (Å²) in [4.78, 5) is 32.7. The van der Waals surface area contributed by atoms with E-state index in [1.165, 1.54) is 17.0 Å². The highest BCUT2D eigenvalue weighted by Crippen LogP contribution is 2.37. The number of benzodiazepines with no additional fused rings is 1. The lowest BCUT2D eigenvalue weighted by atomic mass is 9.91. The van der Waals surface area contributed by atoms with Crippen molar-refractivity contribution in [2.45, 2.75) is 63.9 Å². The molecule has 2 aromatic rings. The van der Waals surface area contributed by atoms with Crippen molar-refractivity contribution >= 4 is 23.2 Å². The number of anilines is 1. The summed E-state index contributed by atoms with van der Waals surface area (Å²) >= 11 is 0. The first-order valence-corrected chi connectivity index (χ1v) is 12.7. The van der Waals surface area contributed by atoms with Gasteiger partial charge in [0.05, 0.1) is 29.0 Å². The van der Waals surface area contributed by atoms with Gasteiger partial charge in [-0.15, -0.1) is 0 Å². The second-order valence-electron chi connectivity index (χ2n) is 9.87. The molecule has 37 heavy (non-hydrogen) atoms. The molecule has 3 atom stereocenters. The number of hydrogen-bond donors (Lipinski definition) is 2. The van der Waals surface area contributed by atoms with E-state index in [2.05, 4.69) is 10.3 Å². The lowest BCUT2D eigenvalue weighted by Gasteiger charge is -2.25. The molecule has 1 heterocycles. The third kappa shape index (κ3) is 6.21. The third-order valence-corrected chi connectivity index (χ3v) is 7.05. The van der Waals surface area contributed by atoms with Crippen molar-refractivity contribution in [1.29, 1.82) is 0 Å². The van der Waals surface area contributed by atoms with Gasteiger partial charge in [-0.3, -0.25) is 9.59 Å². The number of benzene rings is 2. The molecule has 198 valence electrons. The lowest BCUT2D eigenvalue weighted by Crippen LogP contribution is -2.49. The number of amides is 2. The van der Waals surface area contributed by atoms with Gasteiger partial charge in [-0.2, -0.15) is 13.2 Å². The monoisotopic (exact) mass is 515 g/mol. The number of carbonyl (C=O) groups excluding carboxylic acids is 2. The predicted octanol–water partition coefficient (Wildman–Crippen LogP) is 4.93. The van der Waals surface area contributed by atoms with Gasteiger partial charge in [0.25, 0.3) is 5.91 Å². The van der Waals surface area contributed by atoms with Crippen LogP contribution in [0.25, 0.3) is 0 Å². The van der Waals surface area contributed by atoms with Crippen LogP contribution in [-0.4, -0.2) is 41.9 Å². The number of nitrogens with one attached hydrogen (secondary N) is 1. The number of likely N-dealkylation sites (N-methyl/N-ethyl adjacent to an activating group) is 1. The molecule has 0 bridgehead atoms. The molecular weight excluding hydrogens is 483 g/mol. The van der Waals surface area contributed by atoms with E-state index in [9.17, 15) is 27.9 Å². The fourth-order valence-electron chi connectivity index (χ4n) is 4.67. The Hall–Kier alpha value is -3.20. The molecule has 2 aromatic carbocycles. The average Bonchev–Trinajstić information content (AvgIpc) is 3.71. The molecule has 0 spiro atoms. The molecule has 1 fully saturated rings. The molecule has 1 unspecified atom stereocenters. The number of aliphatic hydroxyl groups excluding tert-OH is 1. The topological polar surface area (TPSA) is 82.0 Å². The number of halogens is 3. The van der Waals surface area contributed by atoms with Crippen molar-refractivity contribution in [2.75, 3.05) is 11.9 Å². The van der Waals surface area contributed by atoms with Gasteiger partial charge >= 0.3 is 6.18 Å². The van der Waals surface area contributed by atoms with E-state index < -0.39 is 41.7 Å². The van der Waals surface area contributed by atoms with E-state index in [-0.39, 0.29) is 0 Å². The summed E-state index contributed by atoms with van der Waals surface area (Å²) in [5, 5.41) is 13.5. The highest BCUT2D eigenvalue weighted by Gasteiger charge is 2.37. The Morgan fingerprint density at radius 3 is 2.46 bits per heavy atom. The van der Waals surface area contributed by atoms with Crippen molar-refractivity contribution in [3.63, 3.8) is 0 Å². The first-order chi connectivity index (χ1) is 17.6. The Morgan fingerprint density at radius 1 is 1.16 bits per heavy atom. The Labute approximate surface area is 214 Å². The van der Waals surface area contributed by atoms with Gasteiger partial charge in [-0.1, -0.05) is 62.9 Å². The van der Waals surface area contributed by atoms with Gasteiger partial charge in [-0.05, 0) is 37.0 Å². The second kappa shape index (κ2) is 11.0. The predicted molar refractivity (Wildman–Crippen MR) is 135 cm³/mol. The number of hydrogen-bond acceptors (Lipinski definition) is 4. The van der Waals surface area contributed by atoms with Crippen LogP contribution >= 0.6 is 0 Å². The van der Waals surface area contributed by atoms with Crippen LogP contribution in [-0.2, 0) is 15.8 Å². The van der Waals surface area contributed by atoms with Gasteiger partial charge in [-0.25, -0.2) is 4.99 Å². The fourth-order valence-corrected chi connectivity index (χ4v) is 4.67. The van der Waals surface area contributed by atoms with Crippen LogP contribution in [0.4, 0.5) is 18.9 Å². The number of aliphatic hydroxyl groups is 1. The Balaban J connectivity index is 1.68. The molecule has 4 rings (SSSR count). The van der Waals surface area contributed by atoms with E-state index in [1.807, 2.05) is 6.92 Å². The minimum absolute atomic E-state index is 0.303. The summed E-state index contributed by atoms with van der Waals surface area (Å²) < 4.78 is 39.4. The van der Waals surface area contributed by atoms with E-state index in [0.29, 0.717) is 41.3 Å². The van der Waals surface area contributed by atoms with Crippen LogP contribution in [0.5, 0.6) is 0 Å². The van der Waals surface area contributed by atoms with Crippen molar-refractivity contribution < 1.29 is 27.9 Å². The van der Waals surface area contributed by atoms with E-state index >= 15 is 0 Å². The average molecular weight is 516 g/mol. The number of fused-ring (bicyclic) bond motifs is 1. The molecule has 0 saturated heterocycles. The van der Waals surface area contributed by atoms with Crippen LogP contribution < -0.4 is 10.2 Å². The van der Waals surface area contributed by atoms with Crippen LogP contribution in [0.1, 0.15) is 62.1 Å². The standard InChI is InChI=1S/C28H32F3N3O3/c1-3-4-9-23(35)21(16-17-10-11-17)26(36)33-25-27(37)34(2)22-8-6-5-7-20(22)24(32-25)18-12-14-19(15-13-18)28(29,30)31/h5-8,12-15,17,21,23,25,35H,3-4,9-11,16H2,1-2H3,(H,33,36)/t21-,23-,25?/m1/s1. The van der Waals surface area contributed by atoms with Crippen LogP contribution in [0, 0.1) is 11.8 Å². The second-order valence-corrected chi connectivity index (χ2v) is 9.87. The minimum atomic E-state index is -4.48. The van der Waals surface area contributed by atoms with Gasteiger partial charge in [0.2, 0.25) is 12.1 Å². The molecule has 0 aromatic heterocycles. The summed E-state index contributed by atoms with van der Waals surface area (Å²) in [5.41, 5.74) is 0.992. The molecule has 1 aliphatic carbocycles. The maximum absolute atomic E-state index is 13.4. The SMILES string of the molecule is CCCC[C@@H](O)[C@@H](CC1CC1)C(=O)NC1N=C(c2ccc(C(F)(F)F)cc2)c2ccccc2N(C)C1=O. The molecule has 1 aliphatic heterocycles. The van der Waals surface area contributed by atoms with Crippen LogP contribution in [0.15, 0.2) is 53.5 Å². The van der Waals surface area contributed by atoms with Crippen LogP contribution in [0.3, 0.4) is 0 Å². The number of alkyl halides is 3. The Morgan fingerprint density at radius 2 is 1.84 bits per heavy atom. The Kier molecular flexibility index (Phi) is 8.02.